The molecule has 1 aliphatic rings. The highest BCUT2D eigenvalue weighted by Crippen LogP contribution is 2.16. The Morgan fingerprint density at radius 1 is 1.19 bits per heavy atom. The number of aromatic nitrogens is 3. The molecule has 0 radical (unpaired) electrons. The highest BCUT2D eigenvalue weighted by atomic mass is 16.5. The number of amides is 1. The molecule has 1 fully saturated rings. The molecule has 1 saturated heterocycles. The lowest BCUT2D eigenvalue weighted by Crippen LogP contribution is -2.48. The number of nitrogens with zero attached hydrogens (tertiary/aromatic N) is 5. The van der Waals surface area contributed by atoms with Crippen LogP contribution in [0.15, 0.2) is 41.3 Å². The van der Waals surface area contributed by atoms with Crippen LogP contribution in [0.5, 0.6) is 0 Å². The van der Waals surface area contributed by atoms with Crippen LogP contribution in [0.2, 0.25) is 0 Å². The van der Waals surface area contributed by atoms with E-state index < -0.39 is 0 Å². The summed E-state index contributed by atoms with van der Waals surface area (Å²) in [5, 5.41) is 2.94. The van der Waals surface area contributed by atoms with Gasteiger partial charge in [-0.25, -0.2) is 9.97 Å². The Morgan fingerprint density at radius 3 is 2.81 bits per heavy atom. The average molecular weight is 427 g/mol. The van der Waals surface area contributed by atoms with E-state index >= 15 is 0 Å². The lowest BCUT2D eigenvalue weighted by atomic mass is 10.3. The molecule has 9 heteroatoms. The number of piperazine rings is 1. The molecule has 4 rings (SSSR count). The maximum absolute atomic E-state index is 12.0. The fourth-order valence-electron chi connectivity index (χ4n) is 3.86. The third-order valence-electron chi connectivity index (χ3n) is 5.57. The van der Waals surface area contributed by atoms with Crippen molar-refractivity contribution in [1.82, 2.24) is 29.7 Å². The van der Waals surface area contributed by atoms with Crippen LogP contribution in [0.4, 0.5) is 0 Å². The second-order valence-electron chi connectivity index (χ2n) is 7.61. The van der Waals surface area contributed by atoms with E-state index in [1.165, 1.54) is 12.5 Å². The largest absolute Gasteiger partial charge is 0.472 e. The number of carbonyl (C=O) groups is 1. The topological polar surface area (TPSA) is 88.7 Å². The summed E-state index contributed by atoms with van der Waals surface area (Å²) in [7, 11) is 0. The molecule has 9 nitrogen and oxygen atoms in total. The quantitative estimate of drug-likeness (QED) is 0.493. The molecular weight excluding hydrogens is 396 g/mol. The first-order valence-electron chi connectivity index (χ1n) is 10.9. The highest BCUT2D eigenvalue weighted by Gasteiger charge is 2.20. The molecule has 4 heterocycles. The van der Waals surface area contributed by atoms with Crippen LogP contribution in [-0.4, -0.2) is 82.7 Å². The van der Waals surface area contributed by atoms with Crippen molar-refractivity contribution < 1.29 is 13.9 Å². The van der Waals surface area contributed by atoms with Crippen LogP contribution in [-0.2, 0) is 17.8 Å². The first-order chi connectivity index (χ1) is 15.2. The maximum Gasteiger partial charge on any atom is 0.254 e. The Hall–Kier alpha value is -2.75. The third kappa shape index (κ3) is 5.49. The van der Waals surface area contributed by atoms with Crippen molar-refractivity contribution in [2.45, 2.75) is 20.0 Å². The Kier molecular flexibility index (Phi) is 7.29. The van der Waals surface area contributed by atoms with Crippen molar-refractivity contribution in [2.75, 3.05) is 52.5 Å². The van der Waals surface area contributed by atoms with Crippen LogP contribution >= 0.6 is 0 Å². The summed E-state index contributed by atoms with van der Waals surface area (Å²) in [6.45, 7) is 10.3. The molecule has 0 saturated carbocycles. The predicted octanol–water partition coefficient (Wildman–Crippen LogP) is 1.61. The van der Waals surface area contributed by atoms with Gasteiger partial charge in [0.25, 0.3) is 5.91 Å². The molecule has 1 aliphatic heterocycles. The summed E-state index contributed by atoms with van der Waals surface area (Å²) in [4.78, 5) is 26.2. The molecule has 0 spiro atoms. The van der Waals surface area contributed by atoms with Crippen molar-refractivity contribution in [2.24, 2.45) is 0 Å². The lowest BCUT2D eigenvalue weighted by molar-refractivity contribution is 0.0931. The molecule has 1 N–H and O–H groups in total. The minimum Gasteiger partial charge on any atom is -0.472 e. The standard InChI is InChI=1S/C22H30N6O3/c1-2-30-15-13-28-20(25-19-4-3-6-23-21(19)28)16-27-11-9-26(10-12-27)8-7-24-22(29)18-5-14-31-17-18/h3-6,14,17H,2,7-13,15-16H2,1H3,(H,24,29). The van der Waals surface area contributed by atoms with Gasteiger partial charge in [0.05, 0.1) is 25.0 Å². The summed E-state index contributed by atoms with van der Waals surface area (Å²) in [5.41, 5.74) is 2.41. The van der Waals surface area contributed by atoms with E-state index in [2.05, 4.69) is 24.7 Å². The number of ether oxygens (including phenoxy) is 1. The van der Waals surface area contributed by atoms with Crippen molar-refractivity contribution in [1.29, 1.82) is 0 Å². The molecule has 0 aliphatic carbocycles. The summed E-state index contributed by atoms with van der Waals surface area (Å²) >= 11 is 0. The zero-order valence-electron chi connectivity index (χ0n) is 18.0. The monoisotopic (exact) mass is 426 g/mol. The Balaban J connectivity index is 1.27. The van der Waals surface area contributed by atoms with E-state index in [0.29, 0.717) is 25.3 Å². The maximum atomic E-state index is 12.0. The van der Waals surface area contributed by atoms with Gasteiger partial charge in [0.2, 0.25) is 0 Å². The van der Waals surface area contributed by atoms with Crippen LogP contribution in [0.3, 0.4) is 0 Å². The fraction of sp³-hybridized carbons (Fsp3) is 0.500. The number of hydrogen-bond acceptors (Lipinski definition) is 7. The number of rotatable bonds is 10. The zero-order chi connectivity index (χ0) is 21.5. The van der Waals surface area contributed by atoms with Gasteiger partial charge in [-0.05, 0) is 25.1 Å². The molecule has 3 aromatic heterocycles. The van der Waals surface area contributed by atoms with Gasteiger partial charge in [-0.1, -0.05) is 0 Å². The van der Waals surface area contributed by atoms with Crippen LogP contribution in [0, 0.1) is 0 Å². The van der Waals surface area contributed by atoms with Crippen molar-refractivity contribution in [3.63, 3.8) is 0 Å². The van der Waals surface area contributed by atoms with Gasteiger partial charge in [-0.2, -0.15) is 0 Å². The second kappa shape index (κ2) is 10.5. The number of pyridine rings is 1. The van der Waals surface area contributed by atoms with E-state index in [1.54, 1.807) is 6.07 Å². The predicted molar refractivity (Wildman–Crippen MR) is 117 cm³/mol. The minimum atomic E-state index is -0.0908. The molecule has 3 aromatic rings. The van der Waals surface area contributed by atoms with E-state index in [1.807, 2.05) is 25.3 Å². The van der Waals surface area contributed by atoms with E-state index in [0.717, 1.165) is 62.8 Å². The molecule has 0 bridgehead atoms. The van der Waals surface area contributed by atoms with Gasteiger partial charge < -0.3 is 19.0 Å². The van der Waals surface area contributed by atoms with E-state index in [4.69, 9.17) is 14.1 Å². The number of carbonyl (C=O) groups excluding carboxylic acids is 1. The zero-order valence-corrected chi connectivity index (χ0v) is 18.0. The first kappa shape index (κ1) is 21.5. The normalized spacial score (nSPS) is 15.5. The van der Waals surface area contributed by atoms with Gasteiger partial charge in [0.1, 0.15) is 17.6 Å². The number of imidazole rings is 1. The summed E-state index contributed by atoms with van der Waals surface area (Å²) < 4.78 is 12.7. The van der Waals surface area contributed by atoms with Gasteiger partial charge >= 0.3 is 0 Å². The Morgan fingerprint density at radius 2 is 2.03 bits per heavy atom. The van der Waals surface area contributed by atoms with Crippen LogP contribution in [0.1, 0.15) is 23.1 Å². The van der Waals surface area contributed by atoms with Gasteiger partial charge in [-0.3, -0.25) is 14.6 Å². The van der Waals surface area contributed by atoms with Crippen LogP contribution < -0.4 is 5.32 Å². The average Bonchev–Trinajstić information content (AvgIpc) is 3.44. The Labute approximate surface area is 182 Å². The van der Waals surface area contributed by atoms with Crippen molar-refractivity contribution in [3.05, 3.63) is 48.3 Å². The molecule has 31 heavy (non-hydrogen) atoms. The number of fused-ring (bicyclic) bond motifs is 1. The lowest BCUT2D eigenvalue weighted by Gasteiger charge is -2.34. The number of furan rings is 1. The summed E-state index contributed by atoms with van der Waals surface area (Å²) in [5.74, 6) is 0.946. The van der Waals surface area contributed by atoms with Crippen molar-refractivity contribution in [3.8, 4) is 0 Å². The second-order valence-corrected chi connectivity index (χ2v) is 7.61. The van der Waals surface area contributed by atoms with Crippen LogP contribution in [0.25, 0.3) is 11.2 Å². The molecule has 0 atom stereocenters. The number of hydrogen-bond donors (Lipinski definition) is 1. The van der Waals surface area contributed by atoms with E-state index in [-0.39, 0.29) is 5.91 Å². The minimum absolute atomic E-state index is 0.0908. The summed E-state index contributed by atoms with van der Waals surface area (Å²) in [6.07, 6.45) is 4.79. The molecule has 0 aromatic carbocycles. The smallest absolute Gasteiger partial charge is 0.254 e. The number of nitrogens with one attached hydrogen (secondary N) is 1. The van der Waals surface area contributed by atoms with Crippen molar-refractivity contribution >= 4 is 17.1 Å². The molecule has 166 valence electrons. The van der Waals surface area contributed by atoms with E-state index in [9.17, 15) is 4.79 Å². The highest BCUT2D eigenvalue weighted by molar-refractivity contribution is 5.93. The van der Waals surface area contributed by atoms with Gasteiger partial charge in [-0.15, -0.1) is 0 Å². The van der Waals surface area contributed by atoms with Gasteiger partial charge in [0, 0.05) is 58.6 Å². The Bertz CT molecular complexity index is 963. The van der Waals surface area contributed by atoms with Gasteiger partial charge in [0.15, 0.2) is 5.65 Å². The molecule has 0 unspecified atom stereocenters. The summed E-state index contributed by atoms with van der Waals surface area (Å²) in [6, 6.07) is 5.61. The SMILES string of the molecule is CCOCCn1c(CN2CCN(CCNC(=O)c3ccoc3)CC2)nc2cccnc21. The molecular formula is C22H30N6O3. The first-order valence-corrected chi connectivity index (χ1v) is 10.9. The third-order valence-corrected chi connectivity index (χ3v) is 5.57. The fourth-order valence-corrected chi connectivity index (χ4v) is 3.86. The molecule has 1 amide bonds.